The van der Waals surface area contributed by atoms with E-state index in [-0.39, 0.29) is 18.4 Å². The molecule has 0 amide bonds. The predicted octanol–water partition coefficient (Wildman–Crippen LogP) is 10.3. The predicted molar refractivity (Wildman–Crippen MR) is 206 cm³/mol. The summed E-state index contributed by atoms with van der Waals surface area (Å²) < 4.78 is 7.48. The van der Waals surface area contributed by atoms with Crippen LogP contribution in [-0.2, 0) is 14.3 Å². The Balaban J connectivity index is 2.11. The Hall–Kier alpha value is -1.95. The van der Waals surface area contributed by atoms with Crippen LogP contribution in [0, 0.1) is 0 Å². The van der Waals surface area contributed by atoms with Crippen molar-refractivity contribution in [1.29, 1.82) is 0 Å². The van der Waals surface area contributed by atoms with Crippen molar-refractivity contribution in [3.05, 3.63) is 24.3 Å². The first kappa shape index (κ1) is 45.1. The molecule has 0 aromatic heterocycles. The van der Waals surface area contributed by atoms with E-state index in [0.29, 0.717) is 51.5 Å². The number of amidine groups is 1. The van der Waals surface area contributed by atoms with Crippen molar-refractivity contribution >= 4 is 17.6 Å². The second-order valence-corrected chi connectivity index (χ2v) is 14.3. The lowest BCUT2D eigenvalue weighted by molar-refractivity contribution is -0.548. The molecule has 0 fully saturated rings. The zero-order valence-corrected chi connectivity index (χ0v) is 32.4. The number of carbonyl (C=O) groups is 2. The Morgan fingerprint density at radius 3 is 1.53 bits per heavy atom. The van der Waals surface area contributed by atoms with Crippen LogP contribution in [0.4, 0.5) is 0 Å². The third kappa shape index (κ3) is 26.5. The monoisotopic (exact) mass is 687 g/mol. The second kappa shape index (κ2) is 34.5. The zero-order valence-electron chi connectivity index (χ0n) is 32.4. The topological polar surface area (TPSA) is 72.7 Å². The van der Waals surface area contributed by atoms with Gasteiger partial charge in [-0.15, -0.1) is 6.61 Å². The van der Waals surface area contributed by atoms with E-state index in [2.05, 4.69) is 38.2 Å². The van der Waals surface area contributed by atoms with Gasteiger partial charge in [0.25, 0.3) is 0 Å². The largest absolute Gasteiger partial charge is 0.852 e. The Kier molecular flexibility index (Phi) is 31.7. The van der Waals surface area contributed by atoms with E-state index in [9.17, 15) is 14.7 Å². The first-order chi connectivity index (χ1) is 24.1. The highest BCUT2D eigenvalue weighted by Crippen LogP contribution is 2.13. The third-order valence-electron chi connectivity index (χ3n) is 9.78. The number of Topliss-reactive ketones (excluding diaryl/α,β-unsaturated/α-hetero) is 1. The van der Waals surface area contributed by atoms with Gasteiger partial charge in [0.05, 0.1) is 6.54 Å². The van der Waals surface area contributed by atoms with Crippen molar-refractivity contribution in [2.45, 2.75) is 194 Å². The van der Waals surface area contributed by atoms with E-state index < -0.39 is 0 Å². The minimum atomic E-state index is -0.219. The fourth-order valence-corrected chi connectivity index (χ4v) is 6.70. The number of rotatable bonds is 36. The van der Waals surface area contributed by atoms with Crippen molar-refractivity contribution in [3.63, 3.8) is 0 Å². The summed E-state index contributed by atoms with van der Waals surface area (Å²) in [6, 6.07) is 0. The lowest BCUT2D eigenvalue weighted by atomic mass is 10.1. The summed E-state index contributed by atoms with van der Waals surface area (Å²) in [5, 5.41) is 11.4. The van der Waals surface area contributed by atoms with Gasteiger partial charge in [-0.05, 0) is 64.2 Å². The fourth-order valence-electron chi connectivity index (χ4n) is 6.70. The van der Waals surface area contributed by atoms with Gasteiger partial charge >= 0.3 is 11.8 Å². The number of carbonyl (C=O) groups excluding carboxylic acids is 2. The molecule has 1 aliphatic rings. The summed E-state index contributed by atoms with van der Waals surface area (Å²) in [4.78, 5) is 27.6. The molecule has 0 N–H and O–H groups in total. The molecule has 6 heteroatoms. The zero-order chi connectivity index (χ0) is 35.5. The van der Waals surface area contributed by atoms with E-state index in [1.165, 1.54) is 128 Å². The molecule has 1 aliphatic heterocycles. The van der Waals surface area contributed by atoms with Crippen LogP contribution < -0.4 is 5.11 Å². The molecule has 0 atom stereocenters. The van der Waals surface area contributed by atoms with Crippen molar-refractivity contribution in [2.75, 3.05) is 39.4 Å². The average Bonchev–Trinajstić information content (AvgIpc) is 3.50. The molecular formula is C43H78N2O4. The summed E-state index contributed by atoms with van der Waals surface area (Å²) in [6.07, 6.45) is 42.5. The Morgan fingerprint density at radius 2 is 1.06 bits per heavy atom. The van der Waals surface area contributed by atoms with Gasteiger partial charge in [0.1, 0.15) is 26.2 Å². The van der Waals surface area contributed by atoms with Gasteiger partial charge in [-0.1, -0.05) is 141 Å². The molecule has 0 aromatic carbocycles. The number of hydrogen-bond acceptors (Lipinski definition) is 5. The Morgan fingerprint density at radius 1 is 0.633 bits per heavy atom. The number of unbranched alkanes of at least 4 members (excludes halogenated alkanes) is 22. The van der Waals surface area contributed by atoms with Crippen molar-refractivity contribution in [2.24, 2.45) is 0 Å². The van der Waals surface area contributed by atoms with Crippen LogP contribution in [-0.4, -0.2) is 66.5 Å². The molecule has 0 spiro atoms. The standard InChI is InChI=1S/C43H78N2O4/c1-3-5-7-9-11-13-15-17-19-21-23-25-27-29-31-33-41(47)43-44(37-39-46)35-36-45(43)38-40-49-42(48)34-32-30-28-26-24-22-20-18-16-14-12-10-8-6-4-2/h17-20H,3-16,21-40H2,1-2H3/b19-17-,20-18-. The number of allylic oxidation sites excluding steroid dienone is 4. The quantitative estimate of drug-likeness (QED) is 0.0284. The summed E-state index contributed by atoms with van der Waals surface area (Å²) in [5.74, 6) is 0.650. The van der Waals surface area contributed by atoms with Gasteiger partial charge in [0.2, 0.25) is 5.78 Å². The lowest BCUT2D eigenvalue weighted by Crippen LogP contribution is -2.39. The summed E-state index contributed by atoms with van der Waals surface area (Å²) in [7, 11) is 0. The van der Waals surface area contributed by atoms with Gasteiger partial charge in [0.15, 0.2) is 0 Å². The lowest BCUT2D eigenvalue weighted by Gasteiger charge is -2.14. The molecule has 6 nitrogen and oxygen atoms in total. The van der Waals surface area contributed by atoms with Crippen LogP contribution in [0.2, 0.25) is 0 Å². The molecule has 0 aliphatic carbocycles. The van der Waals surface area contributed by atoms with Crippen LogP contribution >= 0.6 is 0 Å². The van der Waals surface area contributed by atoms with Crippen LogP contribution in [0.1, 0.15) is 194 Å². The van der Waals surface area contributed by atoms with E-state index >= 15 is 0 Å². The SMILES string of the molecule is CCCCCCCC/C=C\CCCCCCCC(=O)OCCN1CC[N+](CC[O-])=C1C(=O)CCCCCCC/C=C\CCCCCCCC. The molecule has 49 heavy (non-hydrogen) atoms. The fraction of sp³-hybridized carbons (Fsp3) is 0.837. The summed E-state index contributed by atoms with van der Waals surface area (Å²) in [5.41, 5.74) is 0. The van der Waals surface area contributed by atoms with E-state index in [0.717, 1.165) is 38.5 Å². The van der Waals surface area contributed by atoms with Crippen molar-refractivity contribution < 1.29 is 24.0 Å². The molecule has 1 heterocycles. The van der Waals surface area contributed by atoms with Crippen LogP contribution in [0.3, 0.4) is 0 Å². The maximum absolute atomic E-state index is 13.2. The van der Waals surface area contributed by atoms with Crippen molar-refractivity contribution in [3.8, 4) is 0 Å². The average molecular weight is 687 g/mol. The normalized spacial score (nSPS) is 13.5. The second-order valence-electron chi connectivity index (χ2n) is 14.3. The molecule has 0 saturated carbocycles. The molecule has 0 bridgehead atoms. The van der Waals surface area contributed by atoms with Crippen molar-refractivity contribution in [1.82, 2.24) is 4.90 Å². The van der Waals surface area contributed by atoms with Gasteiger partial charge in [0, 0.05) is 12.8 Å². The Labute approximate surface area is 303 Å². The number of hydrogen-bond donors (Lipinski definition) is 0. The minimum Gasteiger partial charge on any atom is -0.852 e. The highest BCUT2D eigenvalue weighted by Gasteiger charge is 2.35. The summed E-state index contributed by atoms with van der Waals surface area (Å²) in [6.45, 7) is 6.88. The van der Waals surface area contributed by atoms with Gasteiger partial charge in [-0.25, -0.2) is 0 Å². The third-order valence-corrected chi connectivity index (χ3v) is 9.78. The number of esters is 1. The summed E-state index contributed by atoms with van der Waals surface area (Å²) >= 11 is 0. The van der Waals surface area contributed by atoms with Crippen LogP contribution in [0.15, 0.2) is 24.3 Å². The minimum absolute atomic E-state index is 0.128. The van der Waals surface area contributed by atoms with Gasteiger partial charge in [-0.2, -0.15) is 0 Å². The van der Waals surface area contributed by atoms with Crippen LogP contribution in [0.25, 0.3) is 0 Å². The molecule has 0 aromatic rings. The maximum Gasteiger partial charge on any atom is 0.316 e. The van der Waals surface area contributed by atoms with E-state index in [1.807, 2.05) is 9.48 Å². The molecule has 1 rings (SSSR count). The molecule has 0 radical (unpaired) electrons. The van der Waals surface area contributed by atoms with E-state index in [1.54, 1.807) is 0 Å². The van der Waals surface area contributed by atoms with E-state index in [4.69, 9.17) is 4.74 Å². The molecular weight excluding hydrogens is 608 g/mol. The smallest absolute Gasteiger partial charge is 0.316 e. The first-order valence-corrected chi connectivity index (χ1v) is 21.1. The molecule has 0 saturated heterocycles. The Bertz CT molecular complexity index is 881. The number of nitrogens with zero attached hydrogens (tertiary/aromatic N) is 2. The maximum atomic E-state index is 13.2. The van der Waals surface area contributed by atoms with Gasteiger partial charge < -0.3 is 9.84 Å². The molecule has 284 valence electrons. The molecule has 0 unspecified atom stereocenters. The highest BCUT2D eigenvalue weighted by molar-refractivity contribution is 6.36. The number of ether oxygens (including phenoxy) is 1. The first-order valence-electron chi connectivity index (χ1n) is 21.1. The highest BCUT2D eigenvalue weighted by atomic mass is 16.5. The van der Waals surface area contributed by atoms with Crippen LogP contribution in [0.5, 0.6) is 0 Å². The number of ketones is 1. The van der Waals surface area contributed by atoms with Gasteiger partial charge in [-0.3, -0.25) is 19.1 Å².